The average Bonchev–Trinajstić information content (AvgIpc) is 3.03. The van der Waals surface area contributed by atoms with E-state index in [1.54, 1.807) is 0 Å². The molecule has 0 fully saturated rings. The molecule has 26 heavy (non-hydrogen) atoms. The molecule has 1 aliphatic heterocycles. The molecule has 0 bridgehead atoms. The lowest BCUT2D eigenvalue weighted by molar-refractivity contribution is 0.0733. The predicted octanol–water partition coefficient (Wildman–Crippen LogP) is 3.20. The molecule has 0 spiro atoms. The van der Waals surface area contributed by atoms with Gasteiger partial charge in [-0.25, -0.2) is 0 Å². The molecular formula is C22H31N3O. The molecule has 2 aromatic rings. The van der Waals surface area contributed by atoms with Crippen molar-refractivity contribution < 1.29 is 4.79 Å². The van der Waals surface area contributed by atoms with Gasteiger partial charge in [-0.05, 0) is 75.2 Å². The van der Waals surface area contributed by atoms with Crippen LogP contribution in [0.5, 0.6) is 0 Å². The smallest absolute Gasteiger partial charge is 0.254 e. The topological polar surface area (TPSA) is 28.5 Å². The number of hydrogen-bond acceptors (Lipinski definition) is 2. The molecule has 4 heteroatoms. The molecular weight excluding hydrogens is 322 g/mol. The van der Waals surface area contributed by atoms with Crippen LogP contribution in [-0.4, -0.2) is 53.5 Å². The molecule has 1 amide bonds. The Labute approximate surface area is 157 Å². The molecule has 0 saturated carbocycles. The predicted molar refractivity (Wildman–Crippen MR) is 107 cm³/mol. The van der Waals surface area contributed by atoms with Gasteiger partial charge in [-0.3, -0.25) is 4.79 Å². The quantitative estimate of drug-likeness (QED) is 0.765. The van der Waals surface area contributed by atoms with Crippen LogP contribution in [-0.2, 0) is 19.9 Å². The number of hydrogen-bond donors (Lipinski definition) is 0. The fourth-order valence-corrected chi connectivity index (χ4v) is 3.83. The van der Waals surface area contributed by atoms with Gasteiger partial charge in [0.05, 0.1) is 0 Å². The Morgan fingerprint density at radius 1 is 1.15 bits per heavy atom. The molecule has 0 aliphatic carbocycles. The maximum Gasteiger partial charge on any atom is 0.254 e. The summed E-state index contributed by atoms with van der Waals surface area (Å²) in [5.41, 5.74) is 6.11. The SMILES string of the molecule is Cc1ccc2c(c1C)CCN(CCCN(C)CCc1cccn1C)C2=O. The summed E-state index contributed by atoms with van der Waals surface area (Å²) in [6.45, 7) is 8.03. The highest BCUT2D eigenvalue weighted by molar-refractivity contribution is 5.97. The summed E-state index contributed by atoms with van der Waals surface area (Å²) in [7, 11) is 4.26. The van der Waals surface area contributed by atoms with Gasteiger partial charge in [-0.15, -0.1) is 0 Å². The highest BCUT2D eigenvalue weighted by atomic mass is 16.2. The number of fused-ring (bicyclic) bond motifs is 1. The van der Waals surface area contributed by atoms with E-state index in [0.717, 1.165) is 51.0 Å². The third-order valence-electron chi connectivity index (χ3n) is 5.79. The van der Waals surface area contributed by atoms with Gasteiger partial charge in [-0.1, -0.05) is 6.07 Å². The van der Waals surface area contributed by atoms with Crippen LogP contribution in [0.4, 0.5) is 0 Å². The second kappa shape index (κ2) is 8.09. The molecule has 0 unspecified atom stereocenters. The zero-order valence-electron chi connectivity index (χ0n) is 16.6. The third-order valence-corrected chi connectivity index (χ3v) is 5.79. The van der Waals surface area contributed by atoms with Crippen LogP contribution in [0, 0.1) is 13.8 Å². The van der Waals surface area contributed by atoms with Crippen LogP contribution in [0.1, 0.15) is 39.2 Å². The lowest BCUT2D eigenvalue weighted by Crippen LogP contribution is -2.39. The summed E-state index contributed by atoms with van der Waals surface area (Å²) in [6, 6.07) is 8.37. The normalized spacial score (nSPS) is 14.2. The first kappa shape index (κ1) is 18.7. The zero-order valence-corrected chi connectivity index (χ0v) is 16.6. The van der Waals surface area contributed by atoms with Gasteiger partial charge in [0.15, 0.2) is 0 Å². The van der Waals surface area contributed by atoms with E-state index in [9.17, 15) is 4.79 Å². The Morgan fingerprint density at radius 3 is 2.69 bits per heavy atom. The van der Waals surface area contributed by atoms with E-state index < -0.39 is 0 Å². The lowest BCUT2D eigenvalue weighted by Gasteiger charge is -2.30. The first-order chi connectivity index (χ1) is 12.5. The molecule has 1 aromatic heterocycles. The van der Waals surface area contributed by atoms with Crippen LogP contribution in [0.2, 0.25) is 0 Å². The maximum absolute atomic E-state index is 12.8. The number of rotatable bonds is 7. The minimum absolute atomic E-state index is 0.209. The van der Waals surface area contributed by atoms with E-state index in [-0.39, 0.29) is 5.91 Å². The monoisotopic (exact) mass is 353 g/mol. The van der Waals surface area contributed by atoms with Crippen molar-refractivity contribution in [3.8, 4) is 0 Å². The third kappa shape index (κ3) is 4.01. The van der Waals surface area contributed by atoms with Gasteiger partial charge < -0.3 is 14.4 Å². The standard InChI is InChI=1S/C22H31N3O/c1-17-8-9-21-20(18(17)2)11-16-25(22(21)26)14-6-12-23(3)15-10-19-7-5-13-24(19)4/h5,7-9,13H,6,10-12,14-16H2,1-4H3. The van der Waals surface area contributed by atoms with Gasteiger partial charge in [0.2, 0.25) is 0 Å². The fraction of sp³-hybridized carbons (Fsp3) is 0.500. The average molecular weight is 354 g/mol. The second-order valence-corrected chi connectivity index (χ2v) is 7.59. The zero-order chi connectivity index (χ0) is 18.7. The summed E-state index contributed by atoms with van der Waals surface area (Å²) in [5.74, 6) is 0.209. The Morgan fingerprint density at radius 2 is 1.96 bits per heavy atom. The van der Waals surface area contributed by atoms with E-state index in [1.807, 2.05) is 11.0 Å². The minimum atomic E-state index is 0.209. The van der Waals surface area contributed by atoms with Gasteiger partial charge in [-0.2, -0.15) is 0 Å². The first-order valence-corrected chi connectivity index (χ1v) is 9.64. The number of carbonyl (C=O) groups is 1. The number of likely N-dealkylation sites (N-methyl/N-ethyl adjacent to an activating group) is 1. The Kier molecular flexibility index (Phi) is 5.82. The van der Waals surface area contributed by atoms with Crippen molar-refractivity contribution in [3.63, 3.8) is 0 Å². The molecule has 1 aromatic carbocycles. The van der Waals surface area contributed by atoms with Crippen LogP contribution in [0.15, 0.2) is 30.5 Å². The van der Waals surface area contributed by atoms with E-state index >= 15 is 0 Å². The van der Waals surface area contributed by atoms with Crippen molar-refractivity contribution in [3.05, 3.63) is 58.4 Å². The number of aromatic nitrogens is 1. The molecule has 0 atom stereocenters. The van der Waals surface area contributed by atoms with Crippen molar-refractivity contribution in [1.82, 2.24) is 14.4 Å². The first-order valence-electron chi connectivity index (χ1n) is 9.64. The second-order valence-electron chi connectivity index (χ2n) is 7.59. The fourth-order valence-electron chi connectivity index (χ4n) is 3.83. The van der Waals surface area contributed by atoms with Gasteiger partial charge in [0, 0.05) is 50.6 Å². The largest absolute Gasteiger partial charge is 0.354 e. The van der Waals surface area contributed by atoms with E-state index in [1.165, 1.54) is 22.4 Å². The number of amides is 1. The summed E-state index contributed by atoms with van der Waals surface area (Å²) in [5, 5.41) is 0. The van der Waals surface area contributed by atoms with Crippen molar-refractivity contribution >= 4 is 5.91 Å². The van der Waals surface area contributed by atoms with E-state index in [4.69, 9.17) is 0 Å². The highest BCUT2D eigenvalue weighted by Gasteiger charge is 2.25. The van der Waals surface area contributed by atoms with Crippen LogP contribution in [0.25, 0.3) is 0 Å². The number of carbonyl (C=O) groups excluding carboxylic acids is 1. The van der Waals surface area contributed by atoms with Crippen LogP contribution < -0.4 is 0 Å². The van der Waals surface area contributed by atoms with E-state index in [0.29, 0.717) is 0 Å². The molecule has 0 radical (unpaired) electrons. The summed E-state index contributed by atoms with van der Waals surface area (Å²) in [4.78, 5) is 17.2. The number of nitrogens with zero attached hydrogens (tertiary/aromatic N) is 3. The minimum Gasteiger partial charge on any atom is -0.354 e. The van der Waals surface area contributed by atoms with Gasteiger partial charge >= 0.3 is 0 Å². The maximum atomic E-state index is 12.8. The molecule has 1 aliphatic rings. The molecule has 2 heterocycles. The van der Waals surface area contributed by atoms with Gasteiger partial charge in [0.1, 0.15) is 0 Å². The Balaban J connectivity index is 1.47. The molecule has 4 nitrogen and oxygen atoms in total. The van der Waals surface area contributed by atoms with E-state index in [2.05, 4.69) is 61.8 Å². The molecule has 0 N–H and O–H groups in total. The van der Waals surface area contributed by atoms with Crippen molar-refractivity contribution in [2.75, 3.05) is 33.2 Å². The van der Waals surface area contributed by atoms with Crippen molar-refractivity contribution in [1.29, 1.82) is 0 Å². The number of benzene rings is 1. The molecule has 0 saturated heterocycles. The number of aryl methyl sites for hydroxylation is 2. The summed E-state index contributed by atoms with van der Waals surface area (Å²) in [6.07, 6.45) is 5.17. The Bertz CT molecular complexity index is 778. The Hall–Kier alpha value is -2.07. The van der Waals surface area contributed by atoms with Crippen molar-refractivity contribution in [2.24, 2.45) is 7.05 Å². The van der Waals surface area contributed by atoms with Gasteiger partial charge in [0.25, 0.3) is 5.91 Å². The summed E-state index contributed by atoms with van der Waals surface area (Å²) >= 11 is 0. The van der Waals surface area contributed by atoms with Crippen LogP contribution in [0.3, 0.4) is 0 Å². The van der Waals surface area contributed by atoms with Crippen LogP contribution >= 0.6 is 0 Å². The molecule has 3 rings (SSSR count). The van der Waals surface area contributed by atoms with Crippen molar-refractivity contribution in [2.45, 2.75) is 33.1 Å². The highest BCUT2D eigenvalue weighted by Crippen LogP contribution is 2.24. The lowest BCUT2D eigenvalue weighted by atomic mass is 9.91. The molecule has 140 valence electrons. The summed E-state index contributed by atoms with van der Waals surface area (Å²) < 4.78 is 2.18.